The Morgan fingerprint density at radius 3 is 2.63 bits per heavy atom. The van der Waals surface area contributed by atoms with Crippen molar-refractivity contribution in [3.05, 3.63) is 46.5 Å². The summed E-state index contributed by atoms with van der Waals surface area (Å²) in [5, 5.41) is 3.20. The van der Waals surface area contributed by atoms with Crippen LogP contribution in [0.1, 0.15) is 36.9 Å². The van der Waals surface area contributed by atoms with Crippen LogP contribution in [0, 0.1) is 0 Å². The molecule has 1 atom stereocenters. The normalized spacial score (nSPS) is 13.3. The van der Waals surface area contributed by atoms with Gasteiger partial charge in [0.15, 0.2) is 0 Å². The zero-order valence-electron chi connectivity index (χ0n) is 10.7. The molecule has 0 aliphatic carbocycles. The number of halogens is 4. The quantitative estimate of drug-likeness (QED) is 0.714. The van der Waals surface area contributed by atoms with Crippen molar-refractivity contribution in [2.45, 2.75) is 32.0 Å². The third-order valence-electron chi connectivity index (χ3n) is 2.81. The van der Waals surface area contributed by atoms with Crippen LogP contribution in [0.5, 0.6) is 0 Å². The maximum absolute atomic E-state index is 12.9. The Bertz CT molecular complexity index is 429. The molecule has 0 saturated carbocycles. The highest BCUT2D eigenvalue weighted by Gasteiger charge is 2.33. The molecule has 5 heteroatoms. The predicted octanol–water partition coefficient (Wildman–Crippen LogP) is 5.08. The molecule has 19 heavy (non-hydrogen) atoms. The monoisotopic (exact) mass is 335 g/mol. The molecule has 1 unspecified atom stereocenters. The zero-order valence-corrected chi connectivity index (χ0v) is 12.3. The highest BCUT2D eigenvalue weighted by molar-refractivity contribution is 9.10. The fourth-order valence-electron chi connectivity index (χ4n) is 1.89. The minimum atomic E-state index is -4.34. The van der Waals surface area contributed by atoms with E-state index in [0.29, 0.717) is 12.1 Å². The Balaban J connectivity index is 3.06. The van der Waals surface area contributed by atoms with Gasteiger partial charge < -0.3 is 5.32 Å². The van der Waals surface area contributed by atoms with E-state index in [1.165, 1.54) is 12.1 Å². The van der Waals surface area contributed by atoms with Crippen molar-refractivity contribution in [2.24, 2.45) is 0 Å². The van der Waals surface area contributed by atoms with Gasteiger partial charge in [0.25, 0.3) is 0 Å². The maximum Gasteiger partial charge on any atom is 0.417 e. The summed E-state index contributed by atoms with van der Waals surface area (Å²) in [6.45, 7) is 6.28. The highest BCUT2D eigenvalue weighted by Crippen LogP contribution is 2.36. The minimum Gasteiger partial charge on any atom is -0.310 e. The zero-order chi connectivity index (χ0) is 14.5. The lowest BCUT2D eigenvalue weighted by Crippen LogP contribution is -2.21. The van der Waals surface area contributed by atoms with Crippen molar-refractivity contribution in [3.63, 3.8) is 0 Å². The maximum atomic E-state index is 12.9. The molecule has 1 aromatic rings. The van der Waals surface area contributed by atoms with E-state index in [9.17, 15) is 13.2 Å². The summed E-state index contributed by atoms with van der Waals surface area (Å²) >= 11 is 2.95. The molecule has 0 spiro atoms. The SMILES string of the molecule is C=CCCC(NCC)c1ccc(Br)c(C(F)(F)F)c1. The fraction of sp³-hybridized carbons (Fsp3) is 0.429. The van der Waals surface area contributed by atoms with Gasteiger partial charge in [0, 0.05) is 10.5 Å². The Labute approximate surface area is 120 Å². The molecular formula is C14H17BrF3N. The largest absolute Gasteiger partial charge is 0.417 e. The van der Waals surface area contributed by atoms with Crippen LogP contribution in [0.25, 0.3) is 0 Å². The van der Waals surface area contributed by atoms with E-state index in [2.05, 4.69) is 27.8 Å². The lowest BCUT2D eigenvalue weighted by atomic mass is 9.99. The molecule has 0 fully saturated rings. The topological polar surface area (TPSA) is 12.0 Å². The van der Waals surface area contributed by atoms with Crippen LogP contribution in [-0.4, -0.2) is 6.54 Å². The van der Waals surface area contributed by atoms with Crippen molar-refractivity contribution in [3.8, 4) is 0 Å². The average molecular weight is 336 g/mol. The highest BCUT2D eigenvalue weighted by atomic mass is 79.9. The Kier molecular flexibility index (Phi) is 6.07. The first kappa shape index (κ1) is 16.2. The molecule has 1 aromatic carbocycles. The molecule has 0 aliphatic heterocycles. The third kappa shape index (κ3) is 4.66. The summed E-state index contributed by atoms with van der Waals surface area (Å²) in [6, 6.07) is 4.30. The van der Waals surface area contributed by atoms with E-state index in [0.717, 1.165) is 12.8 Å². The van der Waals surface area contributed by atoms with Gasteiger partial charge >= 0.3 is 6.18 Å². The van der Waals surface area contributed by atoms with Crippen LogP contribution in [-0.2, 0) is 6.18 Å². The van der Waals surface area contributed by atoms with Crippen molar-refractivity contribution in [2.75, 3.05) is 6.54 Å². The van der Waals surface area contributed by atoms with Crippen LogP contribution in [0.4, 0.5) is 13.2 Å². The summed E-state index contributed by atoms with van der Waals surface area (Å²) in [5.41, 5.74) is 0.0192. The second-order valence-corrected chi connectivity index (χ2v) is 5.07. The molecule has 0 heterocycles. The first-order chi connectivity index (χ1) is 8.90. The minimum absolute atomic E-state index is 0.0720. The number of hydrogen-bond donors (Lipinski definition) is 1. The summed E-state index contributed by atoms with van der Waals surface area (Å²) in [4.78, 5) is 0. The second-order valence-electron chi connectivity index (χ2n) is 4.21. The van der Waals surface area contributed by atoms with Crippen LogP contribution in [0.2, 0.25) is 0 Å². The van der Waals surface area contributed by atoms with Crippen LogP contribution >= 0.6 is 15.9 Å². The van der Waals surface area contributed by atoms with Crippen LogP contribution < -0.4 is 5.32 Å². The smallest absolute Gasteiger partial charge is 0.310 e. The molecule has 0 saturated heterocycles. The number of alkyl halides is 3. The van der Waals surface area contributed by atoms with Gasteiger partial charge in [-0.25, -0.2) is 0 Å². The second kappa shape index (κ2) is 7.10. The molecule has 0 radical (unpaired) electrons. The van der Waals surface area contributed by atoms with Gasteiger partial charge in [-0.3, -0.25) is 0 Å². The third-order valence-corrected chi connectivity index (χ3v) is 3.50. The van der Waals surface area contributed by atoms with E-state index in [1.807, 2.05) is 6.92 Å². The molecule has 0 bridgehead atoms. The molecular weight excluding hydrogens is 319 g/mol. The van der Waals surface area contributed by atoms with E-state index in [1.54, 1.807) is 12.1 Å². The van der Waals surface area contributed by atoms with Crippen molar-refractivity contribution >= 4 is 15.9 Å². The molecule has 1 N–H and O–H groups in total. The van der Waals surface area contributed by atoms with Gasteiger partial charge in [-0.15, -0.1) is 6.58 Å². The first-order valence-corrected chi connectivity index (χ1v) is 6.90. The van der Waals surface area contributed by atoms with Gasteiger partial charge in [-0.2, -0.15) is 13.2 Å². The molecule has 106 valence electrons. The molecule has 1 nitrogen and oxygen atoms in total. The van der Waals surface area contributed by atoms with E-state index < -0.39 is 11.7 Å². The van der Waals surface area contributed by atoms with Crippen molar-refractivity contribution < 1.29 is 13.2 Å². The van der Waals surface area contributed by atoms with Gasteiger partial charge in [-0.05, 0) is 37.1 Å². The lowest BCUT2D eigenvalue weighted by molar-refractivity contribution is -0.138. The number of allylic oxidation sites excluding steroid dienone is 1. The molecule has 1 rings (SSSR count). The van der Waals surface area contributed by atoms with E-state index >= 15 is 0 Å². The molecule has 0 amide bonds. The predicted molar refractivity (Wildman–Crippen MR) is 75.0 cm³/mol. The van der Waals surface area contributed by atoms with Crippen LogP contribution in [0.3, 0.4) is 0 Å². The number of rotatable bonds is 6. The van der Waals surface area contributed by atoms with Crippen LogP contribution in [0.15, 0.2) is 35.3 Å². The average Bonchev–Trinajstić information content (AvgIpc) is 2.34. The summed E-state index contributed by atoms with van der Waals surface area (Å²) in [7, 11) is 0. The Morgan fingerprint density at radius 1 is 1.42 bits per heavy atom. The Morgan fingerprint density at radius 2 is 2.11 bits per heavy atom. The lowest BCUT2D eigenvalue weighted by Gasteiger charge is -2.19. The number of nitrogens with one attached hydrogen (secondary N) is 1. The van der Waals surface area contributed by atoms with E-state index in [4.69, 9.17) is 0 Å². The first-order valence-electron chi connectivity index (χ1n) is 6.11. The van der Waals surface area contributed by atoms with Crippen molar-refractivity contribution in [1.82, 2.24) is 5.32 Å². The van der Waals surface area contributed by atoms with Gasteiger partial charge in [0.1, 0.15) is 0 Å². The Hall–Kier alpha value is -0.810. The van der Waals surface area contributed by atoms with E-state index in [-0.39, 0.29) is 10.5 Å². The van der Waals surface area contributed by atoms with Gasteiger partial charge in [0.2, 0.25) is 0 Å². The summed E-state index contributed by atoms with van der Waals surface area (Å²) in [6.07, 6.45) is -1.08. The number of benzene rings is 1. The van der Waals surface area contributed by atoms with Crippen molar-refractivity contribution in [1.29, 1.82) is 0 Å². The number of hydrogen-bond acceptors (Lipinski definition) is 1. The standard InChI is InChI=1S/C14H17BrF3N/c1-3-5-6-13(19-4-2)10-7-8-12(15)11(9-10)14(16,17)18/h3,7-9,13,19H,1,4-6H2,2H3. The molecule has 0 aliphatic rings. The fourth-order valence-corrected chi connectivity index (χ4v) is 2.37. The van der Waals surface area contributed by atoms with Gasteiger partial charge in [0.05, 0.1) is 5.56 Å². The summed E-state index contributed by atoms with van der Waals surface area (Å²) in [5.74, 6) is 0. The van der Waals surface area contributed by atoms with Gasteiger partial charge in [-0.1, -0.05) is 35.0 Å². The summed E-state index contributed by atoms with van der Waals surface area (Å²) < 4.78 is 38.7. The molecule has 0 aromatic heterocycles.